The van der Waals surface area contributed by atoms with Gasteiger partial charge in [0.2, 0.25) is 5.95 Å². The summed E-state index contributed by atoms with van der Waals surface area (Å²) in [6.45, 7) is 1.08. The molecule has 116 valence electrons. The van der Waals surface area contributed by atoms with Gasteiger partial charge in [0.15, 0.2) is 16.7 Å². The Hall–Kier alpha value is -1.60. The zero-order valence-electron chi connectivity index (χ0n) is 11.8. The number of benzene rings is 1. The number of hydrogen-bond donors (Lipinski definition) is 1. The van der Waals surface area contributed by atoms with Crippen molar-refractivity contribution in [3.63, 3.8) is 0 Å². The summed E-state index contributed by atoms with van der Waals surface area (Å²) < 4.78 is 13.1. The maximum Gasteiger partial charge on any atom is 0.222 e. The second kappa shape index (κ2) is 5.55. The van der Waals surface area contributed by atoms with E-state index < -0.39 is 0 Å². The predicted octanol–water partition coefficient (Wildman–Crippen LogP) is 2.91. The van der Waals surface area contributed by atoms with Crippen molar-refractivity contribution in [3.05, 3.63) is 22.7 Å². The number of ether oxygens (including phenoxy) is 2. The molecule has 1 aliphatic heterocycles. The Bertz CT molecular complexity index is 717. The van der Waals surface area contributed by atoms with E-state index in [4.69, 9.17) is 26.8 Å². The van der Waals surface area contributed by atoms with Gasteiger partial charge in [-0.1, -0.05) is 23.4 Å². The molecule has 1 aromatic heterocycles. The molecule has 8 heteroatoms. The minimum absolute atomic E-state index is 0.460. The van der Waals surface area contributed by atoms with Crippen LogP contribution < -0.4 is 15.2 Å². The van der Waals surface area contributed by atoms with Gasteiger partial charge >= 0.3 is 0 Å². The van der Waals surface area contributed by atoms with E-state index >= 15 is 0 Å². The molecule has 4 rings (SSSR count). The highest BCUT2D eigenvalue weighted by Crippen LogP contribution is 2.42. The Morgan fingerprint density at radius 3 is 2.91 bits per heavy atom. The second-order valence-corrected chi connectivity index (χ2v) is 6.68. The van der Waals surface area contributed by atoms with Crippen molar-refractivity contribution in [2.75, 3.05) is 18.9 Å². The summed E-state index contributed by atoms with van der Waals surface area (Å²) in [5.74, 6) is 2.55. The lowest BCUT2D eigenvalue weighted by Crippen LogP contribution is -2.15. The van der Waals surface area contributed by atoms with Crippen LogP contribution in [0.2, 0.25) is 5.02 Å². The van der Waals surface area contributed by atoms with Crippen molar-refractivity contribution >= 4 is 29.3 Å². The van der Waals surface area contributed by atoms with E-state index in [0.717, 1.165) is 29.3 Å². The van der Waals surface area contributed by atoms with E-state index in [9.17, 15) is 0 Å². The summed E-state index contributed by atoms with van der Waals surface area (Å²) in [5.41, 5.74) is 6.94. The van der Waals surface area contributed by atoms with Crippen LogP contribution in [0, 0.1) is 0 Å². The lowest BCUT2D eigenvalue weighted by atomic mass is 10.2. The molecule has 0 atom stereocenters. The number of hydrogen-bond acceptors (Lipinski definition) is 6. The number of fused-ring (bicyclic) bond motifs is 1. The minimum Gasteiger partial charge on any atom is -0.486 e. The van der Waals surface area contributed by atoms with Crippen molar-refractivity contribution in [1.82, 2.24) is 14.8 Å². The molecule has 0 saturated heterocycles. The summed E-state index contributed by atoms with van der Waals surface area (Å²) in [4.78, 5) is 0. The lowest BCUT2D eigenvalue weighted by Gasteiger charge is -2.20. The van der Waals surface area contributed by atoms with Crippen LogP contribution in [0.3, 0.4) is 0 Å². The first-order chi connectivity index (χ1) is 10.7. The van der Waals surface area contributed by atoms with Gasteiger partial charge in [0, 0.05) is 11.8 Å². The van der Waals surface area contributed by atoms with Crippen LogP contribution in [0.4, 0.5) is 5.95 Å². The maximum absolute atomic E-state index is 6.26. The van der Waals surface area contributed by atoms with Gasteiger partial charge in [0.25, 0.3) is 0 Å². The van der Waals surface area contributed by atoms with Crippen molar-refractivity contribution < 1.29 is 9.47 Å². The van der Waals surface area contributed by atoms with Crippen LogP contribution >= 0.6 is 23.4 Å². The molecule has 0 bridgehead atoms. The Morgan fingerprint density at radius 2 is 2.09 bits per heavy atom. The van der Waals surface area contributed by atoms with Gasteiger partial charge in [-0.3, -0.25) is 4.57 Å². The Labute approximate surface area is 136 Å². The van der Waals surface area contributed by atoms with Gasteiger partial charge in [-0.2, -0.15) is 0 Å². The Morgan fingerprint density at radius 1 is 1.27 bits per heavy atom. The third-order valence-electron chi connectivity index (χ3n) is 3.63. The molecular weight excluding hydrogens is 324 g/mol. The van der Waals surface area contributed by atoms with Gasteiger partial charge in [0.1, 0.15) is 13.2 Å². The standard InChI is InChI=1S/C14H15ClN4O2S/c15-10-5-8(6-11-12(10)21-4-3-20-11)7-22-14-18-17-13(16)19(14)9-1-2-9/h5-6,9H,1-4,7H2,(H2,16,17). The van der Waals surface area contributed by atoms with Gasteiger partial charge in [-0.05, 0) is 30.5 Å². The fraction of sp³-hybridized carbons (Fsp3) is 0.429. The first-order valence-corrected chi connectivity index (χ1v) is 8.50. The molecular formula is C14H15ClN4O2S. The largest absolute Gasteiger partial charge is 0.486 e. The van der Waals surface area contributed by atoms with Gasteiger partial charge < -0.3 is 15.2 Å². The summed E-state index contributed by atoms with van der Waals surface area (Å²) in [7, 11) is 0. The number of rotatable bonds is 4. The normalized spacial score (nSPS) is 16.8. The summed E-state index contributed by atoms with van der Waals surface area (Å²) in [5, 5.41) is 9.57. The average molecular weight is 339 g/mol. The van der Waals surface area contributed by atoms with E-state index in [0.29, 0.717) is 41.7 Å². The number of nitrogens with two attached hydrogens (primary N) is 1. The van der Waals surface area contributed by atoms with E-state index in [1.165, 1.54) is 0 Å². The number of halogens is 1. The molecule has 1 saturated carbocycles. The predicted molar refractivity (Wildman–Crippen MR) is 84.7 cm³/mol. The monoisotopic (exact) mass is 338 g/mol. The Balaban J connectivity index is 1.53. The average Bonchev–Trinajstić information content (AvgIpc) is 3.29. The molecule has 2 aromatic rings. The number of nitrogen functional groups attached to an aromatic ring is 1. The molecule has 2 aliphatic rings. The summed E-state index contributed by atoms with van der Waals surface area (Å²) in [6, 6.07) is 4.33. The van der Waals surface area contributed by atoms with Crippen LogP contribution in [-0.2, 0) is 5.75 Å². The Kier molecular flexibility index (Phi) is 3.54. The smallest absolute Gasteiger partial charge is 0.222 e. The van der Waals surface area contributed by atoms with Gasteiger partial charge in [-0.15, -0.1) is 10.2 Å². The van der Waals surface area contributed by atoms with Gasteiger partial charge in [-0.25, -0.2) is 0 Å². The number of nitrogens with zero attached hydrogens (tertiary/aromatic N) is 3. The SMILES string of the molecule is Nc1nnc(SCc2cc(Cl)c3c(c2)OCCO3)n1C1CC1. The molecule has 2 heterocycles. The maximum atomic E-state index is 6.26. The molecule has 1 aliphatic carbocycles. The second-order valence-electron chi connectivity index (χ2n) is 5.33. The highest BCUT2D eigenvalue weighted by molar-refractivity contribution is 7.98. The van der Waals surface area contributed by atoms with Crippen LogP contribution in [0.25, 0.3) is 0 Å². The summed E-state index contributed by atoms with van der Waals surface area (Å²) in [6.07, 6.45) is 2.29. The van der Waals surface area contributed by atoms with E-state index in [2.05, 4.69) is 10.2 Å². The third-order valence-corrected chi connectivity index (χ3v) is 4.92. The number of anilines is 1. The van der Waals surface area contributed by atoms with Crippen molar-refractivity contribution in [1.29, 1.82) is 0 Å². The molecule has 1 aromatic carbocycles. The topological polar surface area (TPSA) is 75.2 Å². The molecule has 0 radical (unpaired) electrons. The highest BCUT2D eigenvalue weighted by Gasteiger charge is 2.29. The molecule has 1 fully saturated rings. The first-order valence-electron chi connectivity index (χ1n) is 7.13. The van der Waals surface area contributed by atoms with Crippen molar-refractivity contribution in [2.24, 2.45) is 0 Å². The number of aromatic nitrogens is 3. The third kappa shape index (κ3) is 2.59. The van der Waals surface area contributed by atoms with Gasteiger partial charge in [0.05, 0.1) is 5.02 Å². The molecule has 2 N–H and O–H groups in total. The van der Waals surface area contributed by atoms with Crippen LogP contribution in [0.15, 0.2) is 17.3 Å². The highest BCUT2D eigenvalue weighted by atomic mass is 35.5. The summed E-state index contributed by atoms with van der Waals surface area (Å²) >= 11 is 7.86. The first kappa shape index (κ1) is 14.0. The van der Waals surface area contributed by atoms with E-state index in [-0.39, 0.29) is 0 Å². The number of thioether (sulfide) groups is 1. The van der Waals surface area contributed by atoms with E-state index in [1.807, 2.05) is 16.7 Å². The minimum atomic E-state index is 0.460. The fourth-order valence-corrected chi connectivity index (χ4v) is 3.69. The molecule has 6 nitrogen and oxygen atoms in total. The molecule has 0 amide bonds. The van der Waals surface area contributed by atoms with E-state index in [1.54, 1.807) is 11.8 Å². The zero-order chi connectivity index (χ0) is 15.1. The molecule has 0 unspecified atom stereocenters. The van der Waals surface area contributed by atoms with Crippen LogP contribution in [-0.4, -0.2) is 28.0 Å². The molecule has 22 heavy (non-hydrogen) atoms. The van der Waals surface area contributed by atoms with Crippen molar-refractivity contribution in [3.8, 4) is 11.5 Å². The quantitative estimate of drug-likeness (QED) is 0.864. The van der Waals surface area contributed by atoms with Crippen LogP contribution in [0.5, 0.6) is 11.5 Å². The zero-order valence-corrected chi connectivity index (χ0v) is 13.4. The lowest BCUT2D eigenvalue weighted by molar-refractivity contribution is 0.171. The van der Waals surface area contributed by atoms with Crippen LogP contribution in [0.1, 0.15) is 24.4 Å². The van der Waals surface area contributed by atoms with Crippen molar-refractivity contribution in [2.45, 2.75) is 29.8 Å². The molecule has 0 spiro atoms. The fourth-order valence-electron chi connectivity index (χ4n) is 2.46.